The second-order valence-corrected chi connectivity index (χ2v) is 8.97. The van der Waals surface area contributed by atoms with Gasteiger partial charge in [0.2, 0.25) is 0 Å². The first-order valence-corrected chi connectivity index (χ1v) is 12.8. The Morgan fingerprint density at radius 3 is 1.59 bits per heavy atom. The van der Waals surface area contributed by atoms with Crippen LogP contribution in [-0.2, 0) is 9.59 Å². The predicted octanol–water partition coefficient (Wildman–Crippen LogP) is 8.62. The molecule has 29 heavy (non-hydrogen) atoms. The maximum absolute atomic E-state index is 12.2. The summed E-state index contributed by atoms with van der Waals surface area (Å²) in [5, 5.41) is 0. The molecule has 0 aliphatic rings. The number of hydrogen-bond acceptors (Lipinski definition) is 2. The molecule has 0 rings (SSSR count). The van der Waals surface area contributed by atoms with Crippen LogP contribution in [0.15, 0.2) is 12.2 Å². The summed E-state index contributed by atoms with van der Waals surface area (Å²) in [6, 6.07) is 0. The third kappa shape index (κ3) is 17.6. The zero-order valence-electron chi connectivity index (χ0n) is 19.9. The topological polar surface area (TPSA) is 34.1 Å². The van der Waals surface area contributed by atoms with Crippen LogP contribution in [-0.4, -0.2) is 12.1 Å². The number of carbonyl (C=O) groups excluding carboxylic acids is 2. The summed E-state index contributed by atoms with van der Waals surface area (Å²) in [6.07, 6.45) is 27.5. The minimum atomic E-state index is 0.0167. The smallest absolute Gasteiger partial charge is 0.158 e. The molecule has 0 aromatic rings. The van der Waals surface area contributed by atoms with Gasteiger partial charge >= 0.3 is 0 Å². The lowest BCUT2D eigenvalue weighted by Gasteiger charge is -2.21. The first-order chi connectivity index (χ1) is 14.2. The molecule has 0 heterocycles. The number of hydrogen-bond donors (Lipinski definition) is 0. The number of ketones is 1. The van der Waals surface area contributed by atoms with Crippen molar-refractivity contribution >= 4 is 12.1 Å². The van der Waals surface area contributed by atoms with Gasteiger partial charge < -0.3 is 4.79 Å². The average molecular weight is 407 g/mol. The van der Waals surface area contributed by atoms with Gasteiger partial charge in [-0.1, -0.05) is 123 Å². The van der Waals surface area contributed by atoms with Gasteiger partial charge in [-0.3, -0.25) is 4.79 Å². The maximum Gasteiger partial charge on any atom is 0.158 e. The summed E-state index contributed by atoms with van der Waals surface area (Å²) in [7, 11) is 0. The van der Waals surface area contributed by atoms with E-state index in [0.717, 1.165) is 12.7 Å². The van der Waals surface area contributed by atoms with Crippen LogP contribution in [0.1, 0.15) is 136 Å². The first-order valence-electron chi connectivity index (χ1n) is 12.8. The highest BCUT2D eigenvalue weighted by Crippen LogP contribution is 2.25. The molecule has 0 saturated carbocycles. The van der Waals surface area contributed by atoms with Crippen molar-refractivity contribution in [3.63, 3.8) is 0 Å². The highest BCUT2D eigenvalue weighted by Gasteiger charge is 2.22. The third-order valence-electron chi connectivity index (χ3n) is 6.24. The maximum atomic E-state index is 12.2. The zero-order chi connectivity index (χ0) is 21.6. The van der Waals surface area contributed by atoms with E-state index in [9.17, 15) is 9.59 Å². The van der Waals surface area contributed by atoms with Crippen molar-refractivity contribution in [2.24, 2.45) is 11.8 Å². The quantitative estimate of drug-likeness (QED) is 0.102. The van der Waals surface area contributed by atoms with Gasteiger partial charge in [-0.2, -0.15) is 0 Å². The van der Waals surface area contributed by atoms with Crippen LogP contribution in [0.25, 0.3) is 0 Å². The lowest BCUT2D eigenvalue weighted by molar-refractivity contribution is -0.120. The average Bonchev–Trinajstić information content (AvgIpc) is 2.71. The molecule has 2 atom stereocenters. The van der Waals surface area contributed by atoms with Gasteiger partial charge in [0.1, 0.15) is 6.29 Å². The van der Waals surface area contributed by atoms with Gasteiger partial charge in [0, 0.05) is 12.3 Å². The minimum Gasteiger partial charge on any atom is -0.303 e. The largest absolute Gasteiger partial charge is 0.303 e. The Balaban J connectivity index is 3.58. The van der Waals surface area contributed by atoms with Crippen molar-refractivity contribution in [2.45, 2.75) is 136 Å². The molecule has 0 spiro atoms. The van der Waals surface area contributed by atoms with Gasteiger partial charge in [0.15, 0.2) is 5.78 Å². The summed E-state index contributed by atoms with van der Waals surface area (Å²) in [4.78, 5) is 22.9. The van der Waals surface area contributed by atoms with Crippen molar-refractivity contribution in [1.29, 1.82) is 0 Å². The fourth-order valence-corrected chi connectivity index (χ4v) is 4.28. The summed E-state index contributed by atoms with van der Waals surface area (Å²) in [5.41, 5.74) is 0. The van der Waals surface area contributed by atoms with Crippen molar-refractivity contribution in [3.8, 4) is 0 Å². The van der Waals surface area contributed by atoms with E-state index < -0.39 is 0 Å². The number of allylic oxidation sites excluding steroid dienone is 2. The molecule has 0 radical (unpaired) electrons. The van der Waals surface area contributed by atoms with E-state index in [0.29, 0.717) is 18.8 Å². The van der Waals surface area contributed by atoms with Gasteiger partial charge in [-0.15, -0.1) is 0 Å². The summed E-state index contributed by atoms with van der Waals surface area (Å²) in [6.45, 7) is 6.34. The lowest BCUT2D eigenvalue weighted by Crippen LogP contribution is -2.21. The van der Waals surface area contributed by atoms with E-state index in [-0.39, 0.29) is 11.7 Å². The Labute approximate surface area is 182 Å². The Morgan fingerprint density at radius 1 is 0.724 bits per heavy atom. The second kappa shape index (κ2) is 21.8. The van der Waals surface area contributed by atoms with Crippen LogP contribution in [0.2, 0.25) is 0 Å². The Kier molecular flexibility index (Phi) is 21.1. The highest BCUT2D eigenvalue weighted by atomic mass is 16.1. The zero-order valence-corrected chi connectivity index (χ0v) is 19.9. The second-order valence-electron chi connectivity index (χ2n) is 8.97. The molecule has 0 aromatic carbocycles. The van der Waals surface area contributed by atoms with Crippen LogP contribution in [0.4, 0.5) is 0 Å². The van der Waals surface area contributed by atoms with E-state index in [2.05, 4.69) is 13.8 Å². The normalized spacial score (nSPS) is 13.6. The molecular formula is C27H50O2. The van der Waals surface area contributed by atoms with Crippen LogP contribution < -0.4 is 0 Å². The van der Waals surface area contributed by atoms with E-state index >= 15 is 0 Å². The number of unbranched alkanes of at least 4 members (excludes halogenated alkanes) is 14. The van der Waals surface area contributed by atoms with Crippen molar-refractivity contribution in [3.05, 3.63) is 12.2 Å². The number of rotatable bonds is 22. The molecular weight excluding hydrogens is 356 g/mol. The molecule has 2 unspecified atom stereocenters. The molecule has 0 fully saturated rings. The minimum absolute atomic E-state index is 0.0167. The van der Waals surface area contributed by atoms with Gasteiger partial charge in [0.25, 0.3) is 0 Å². The van der Waals surface area contributed by atoms with Crippen LogP contribution in [0.3, 0.4) is 0 Å². The van der Waals surface area contributed by atoms with Crippen LogP contribution in [0.5, 0.6) is 0 Å². The SMILES string of the molecule is CC=CC(=O)C(CCC=O)C(C)CCCCCCCCCCCCCCCCC. The van der Waals surface area contributed by atoms with E-state index in [1.54, 1.807) is 6.08 Å². The van der Waals surface area contributed by atoms with E-state index in [4.69, 9.17) is 0 Å². The van der Waals surface area contributed by atoms with Crippen molar-refractivity contribution in [1.82, 2.24) is 0 Å². The molecule has 2 nitrogen and oxygen atoms in total. The Hall–Kier alpha value is -0.920. The van der Waals surface area contributed by atoms with Gasteiger partial charge in [-0.25, -0.2) is 0 Å². The van der Waals surface area contributed by atoms with Crippen LogP contribution >= 0.6 is 0 Å². The monoisotopic (exact) mass is 406 g/mol. The fraction of sp³-hybridized carbons (Fsp3) is 0.852. The Morgan fingerprint density at radius 2 is 1.17 bits per heavy atom. The van der Waals surface area contributed by atoms with E-state index in [1.807, 2.05) is 13.0 Å². The van der Waals surface area contributed by atoms with Crippen molar-refractivity contribution < 1.29 is 9.59 Å². The Bertz CT molecular complexity index is 399. The molecule has 170 valence electrons. The lowest BCUT2D eigenvalue weighted by atomic mass is 9.83. The molecule has 0 aliphatic heterocycles. The summed E-state index contributed by atoms with van der Waals surface area (Å²) >= 11 is 0. The van der Waals surface area contributed by atoms with Gasteiger partial charge in [0.05, 0.1) is 0 Å². The number of carbonyl (C=O) groups is 2. The fourth-order valence-electron chi connectivity index (χ4n) is 4.28. The van der Waals surface area contributed by atoms with Gasteiger partial charge in [-0.05, 0) is 25.3 Å². The van der Waals surface area contributed by atoms with E-state index in [1.165, 1.54) is 96.3 Å². The van der Waals surface area contributed by atoms with Crippen LogP contribution in [0, 0.1) is 11.8 Å². The molecule has 0 aliphatic carbocycles. The summed E-state index contributed by atoms with van der Waals surface area (Å²) < 4.78 is 0. The highest BCUT2D eigenvalue weighted by molar-refractivity contribution is 5.91. The molecule has 0 amide bonds. The number of aldehydes is 1. The molecule has 0 saturated heterocycles. The standard InChI is InChI=1S/C27H50O2/c1-4-6-7-8-9-10-11-12-13-14-15-16-17-18-19-22-25(3)26(23-20-24-28)27(29)21-5-2/h5,21,24-26H,4,6-20,22-23H2,1-3H3. The molecule has 0 aromatic heterocycles. The third-order valence-corrected chi connectivity index (χ3v) is 6.24. The molecule has 0 bridgehead atoms. The first kappa shape index (κ1) is 28.1. The van der Waals surface area contributed by atoms with Crippen molar-refractivity contribution in [2.75, 3.05) is 0 Å². The molecule has 0 N–H and O–H groups in total. The molecule has 2 heteroatoms. The predicted molar refractivity (Wildman–Crippen MR) is 127 cm³/mol. The summed E-state index contributed by atoms with van der Waals surface area (Å²) in [5.74, 6) is 0.589.